The van der Waals surface area contributed by atoms with Gasteiger partial charge in [-0.25, -0.2) is 9.48 Å². The van der Waals surface area contributed by atoms with Crippen LogP contribution in [-0.4, -0.2) is 46.9 Å². The van der Waals surface area contributed by atoms with E-state index in [2.05, 4.69) is 33.8 Å². The van der Waals surface area contributed by atoms with Crippen molar-refractivity contribution in [3.8, 4) is 5.69 Å². The molecule has 0 fully saturated rings. The summed E-state index contributed by atoms with van der Waals surface area (Å²) in [5.41, 5.74) is 4.05. The molecule has 1 aromatic heterocycles. The SMILES string of the molecule is CC(NC(=O)Nc1ccc(-n2ncc3ccccc32)cc1)C1=CCN(C)CC1. The minimum Gasteiger partial charge on any atom is -0.332 e. The number of benzene rings is 2. The number of hydrogen-bond acceptors (Lipinski definition) is 3. The van der Waals surface area contributed by atoms with E-state index in [0.29, 0.717) is 0 Å². The Balaban J connectivity index is 1.40. The number of likely N-dealkylation sites (N-methyl/N-ethyl adjacent to an activating group) is 1. The van der Waals surface area contributed by atoms with Crippen LogP contribution in [0.25, 0.3) is 16.6 Å². The summed E-state index contributed by atoms with van der Waals surface area (Å²) in [6.45, 7) is 4.00. The molecule has 3 aromatic rings. The third kappa shape index (κ3) is 3.92. The highest BCUT2D eigenvalue weighted by Gasteiger charge is 2.16. The molecular weight excluding hydrogens is 350 g/mol. The first kappa shape index (κ1) is 18.3. The van der Waals surface area contributed by atoms with E-state index in [1.165, 1.54) is 5.57 Å². The average molecular weight is 375 g/mol. The van der Waals surface area contributed by atoms with Gasteiger partial charge in [-0.1, -0.05) is 24.3 Å². The number of anilines is 1. The second-order valence-electron chi connectivity index (χ2n) is 7.27. The van der Waals surface area contributed by atoms with E-state index in [9.17, 15) is 4.79 Å². The molecule has 0 saturated carbocycles. The number of aromatic nitrogens is 2. The lowest BCUT2D eigenvalue weighted by molar-refractivity contribution is 0.250. The van der Waals surface area contributed by atoms with Crippen LogP contribution in [0.5, 0.6) is 0 Å². The van der Waals surface area contributed by atoms with Crippen LogP contribution in [0.3, 0.4) is 0 Å². The monoisotopic (exact) mass is 375 g/mol. The fraction of sp³-hybridized carbons (Fsp3) is 0.273. The second kappa shape index (κ2) is 7.86. The summed E-state index contributed by atoms with van der Waals surface area (Å²) in [4.78, 5) is 14.6. The zero-order chi connectivity index (χ0) is 19.5. The first-order valence-electron chi connectivity index (χ1n) is 9.58. The zero-order valence-corrected chi connectivity index (χ0v) is 16.2. The Hall–Kier alpha value is -3.12. The van der Waals surface area contributed by atoms with Crippen molar-refractivity contribution in [2.24, 2.45) is 0 Å². The van der Waals surface area contributed by atoms with E-state index < -0.39 is 0 Å². The Labute approximate surface area is 164 Å². The molecule has 1 aliphatic rings. The number of hydrogen-bond donors (Lipinski definition) is 2. The molecule has 2 heterocycles. The normalized spacial score (nSPS) is 15.9. The van der Waals surface area contributed by atoms with Crippen LogP contribution in [0.1, 0.15) is 13.3 Å². The van der Waals surface area contributed by atoms with Gasteiger partial charge in [0, 0.05) is 30.2 Å². The van der Waals surface area contributed by atoms with Gasteiger partial charge >= 0.3 is 6.03 Å². The highest BCUT2D eigenvalue weighted by molar-refractivity contribution is 5.89. The van der Waals surface area contributed by atoms with E-state index in [1.54, 1.807) is 0 Å². The number of para-hydroxylation sites is 1. The molecule has 0 saturated heterocycles. The molecule has 6 nitrogen and oxygen atoms in total. The number of amides is 2. The number of rotatable bonds is 4. The molecule has 1 unspecified atom stereocenters. The van der Waals surface area contributed by atoms with Gasteiger partial charge in [-0.2, -0.15) is 5.10 Å². The van der Waals surface area contributed by atoms with Gasteiger partial charge in [0.2, 0.25) is 0 Å². The molecule has 28 heavy (non-hydrogen) atoms. The minimum atomic E-state index is -0.190. The minimum absolute atomic E-state index is 0.0309. The molecule has 0 spiro atoms. The van der Waals surface area contributed by atoms with Crippen LogP contribution in [-0.2, 0) is 0 Å². The molecule has 1 atom stereocenters. The quantitative estimate of drug-likeness (QED) is 0.682. The third-order valence-corrected chi connectivity index (χ3v) is 5.20. The molecule has 2 aromatic carbocycles. The van der Waals surface area contributed by atoms with Crippen LogP contribution in [0.4, 0.5) is 10.5 Å². The summed E-state index contributed by atoms with van der Waals surface area (Å²) in [6.07, 6.45) is 5.05. The van der Waals surface area contributed by atoms with Gasteiger partial charge in [-0.05, 0) is 56.3 Å². The van der Waals surface area contributed by atoms with Crippen molar-refractivity contribution in [3.05, 3.63) is 66.4 Å². The van der Waals surface area contributed by atoms with Crippen molar-refractivity contribution in [1.29, 1.82) is 0 Å². The van der Waals surface area contributed by atoms with Crippen LogP contribution < -0.4 is 10.6 Å². The Morgan fingerprint density at radius 1 is 1.14 bits per heavy atom. The molecule has 1 aliphatic heterocycles. The molecule has 0 bridgehead atoms. The lowest BCUT2D eigenvalue weighted by Crippen LogP contribution is -2.39. The van der Waals surface area contributed by atoms with Gasteiger partial charge in [0.05, 0.1) is 17.4 Å². The van der Waals surface area contributed by atoms with Gasteiger partial charge < -0.3 is 15.5 Å². The first-order chi connectivity index (χ1) is 13.6. The van der Waals surface area contributed by atoms with Gasteiger partial charge in [0.25, 0.3) is 0 Å². The third-order valence-electron chi connectivity index (χ3n) is 5.20. The van der Waals surface area contributed by atoms with Gasteiger partial charge in [-0.3, -0.25) is 0 Å². The molecule has 6 heteroatoms. The standard InChI is InChI=1S/C22H25N5O/c1-16(17-11-13-26(2)14-12-17)24-22(28)25-19-7-9-20(10-8-19)27-21-6-4-3-5-18(21)15-23-27/h3-11,15-16H,12-14H2,1-2H3,(H2,24,25,28). The molecular formula is C22H25N5O. The van der Waals surface area contributed by atoms with Gasteiger partial charge in [0.1, 0.15) is 0 Å². The Morgan fingerprint density at radius 3 is 2.68 bits per heavy atom. The molecule has 4 rings (SSSR count). The largest absolute Gasteiger partial charge is 0.332 e. The van der Waals surface area contributed by atoms with Crippen molar-refractivity contribution in [2.75, 3.05) is 25.5 Å². The number of carbonyl (C=O) groups is 1. The zero-order valence-electron chi connectivity index (χ0n) is 16.2. The number of urea groups is 1. The highest BCUT2D eigenvalue weighted by Crippen LogP contribution is 2.19. The summed E-state index contributed by atoms with van der Waals surface area (Å²) in [5, 5.41) is 11.5. The van der Waals surface area contributed by atoms with Crippen LogP contribution in [0.15, 0.2) is 66.4 Å². The predicted octanol–water partition coefficient (Wildman–Crippen LogP) is 3.80. The summed E-state index contributed by atoms with van der Waals surface area (Å²) in [7, 11) is 2.10. The second-order valence-corrected chi connectivity index (χ2v) is 7.27. The van der Waals surface area contributed by atoms with Gasteiger partial charge in [-0.15, -0.1) is 0 Å². The summed E-state index contributed by atoms with van der Waals surface area (Å²) >= 11 is 0. The maximum atomic E-state index is 12.3. The summed E-state index contributed by atoms with van der Waals surface area (Å²) in [6, 6.07) is 15.6. The molecule has 144 valence electrons. The number of carbonyl (C=O) groups excluding carboxylic acids is 1. The first-order valence-corrected chi connectivity index (χ1v) is 9.58. The van der Waals surface area contributed by atoms with E-state index in [1.807, 2.05) is 66.3 Å². The van der Waals surface area contributed by atoms with Crippen molar-refractivity contribution < 1.29 is 4.79 Å². The Bertz CT molecular complexity index is 1010. The smallest absolute Gasteiger partial charge is 0.319 e. The Kier molecular flexibility index (Phi) is 5.12. The summed E-state index contributed by atoms with van der Waals surface area (Å²) < 4.78 is 1.90. The summed E-state index contributed by atoms with van der Waals surface area (Å²) in [5.74, 6) is 0. The highest BCUT2D eigenvalue weighted by atomic mass is 16.2. The molecule has 0 radical (unpaired) electrons. The predicted molar refractivity (Wildman–Crippen MR) is 113 cm³/mol. The van der Waals surface area contributed by atoms with Crippen LogP contribution in [0, 0.1) is 0 Å². The number of fused-ring (bicyclic) bond motifs is 1. The fourth-order valence-corrected chi connectivity index (χ4v) is 3.50. The van der Waals surface area contributed by atoms with E-state index in [-0.39, 0.29) is 12.1 Å². The number of nitrogens with zero attached hydrogens (tertiary/aromatic N) is 3. The molecule has 2 amide bonds. The lowest BCUT2D eigenvalue weighted by atomic mass is 10.0. The van der Waals surface area contributed by atoms with Crippen LogP contribution in [0.2, 0.25) is 0 Å². The van der Waals surface area contributed by atoms with Crippen molar-refractivity contribution in [2.45, 2.75) is 19.4 Å². The molecule has 2 N–H and O–H groups in total. The lowest BCUT2D eigenvalue weighted by Gasteiger charge is -2.26. The number of nitrogens with one attached hydrogen (secondary N) is 2. The Morgan fingerprint density at radius 2 is 1.93 bits per heavy atom. The van der Waals surface area contributed by atoms with Crippen molar-refractivity contribution >= 4 is 22.6 Å². The van der Waals surface area contributed by atoms with Gasteiger partial charge in [0.15, 0.2) is 0 Å². The van der Waals surface area contributed by atoms with E-state index >= 15 is 0 Å². The van der Waals surface area contributed by atoms with E-state index in [4.69, 9.17) is 0 Å². The maximum Gasteiger partial charge on any atom is 0.319 e. The maximum absolute atomic E-state index is 12.3. The van der Waals surface area contributed by atoms with Crippen molar-refractivity contribution in [1.82, 2.24) is 20.0 Å². The molecule has 0 aliphatic carbocycles. The fourth-order valence-electron chi connectivity index (χ4n) is 3.50. The topological polar surface area (TPSA) is 62.2 Å². The van der Waals surface area contributed by atoms with Crippen molar-refractivity contribution in [3.63, 3.8) is 0 Å². The van der Waals surface area contributed by atoms with E-state index in [0.717, 1.165) is 41.8 Å². The average Bonchev–Trinajstić information content (AvgIpc) is 3.13. The van der Waals surface area contributed by atoms with Crippen LogP contribution >= 0.6 is 0 Å².